The van der Waals surface area contributed by atoms with Crippen LogP contribution in [-0.4, -0.2) is 19.9 Å². The summed E-state index contributed by atoms with van der Waals surface area (Å²) in [6.07, 6.45) is 0. The van der Waals surface area contributed by atoms with Crippen molar-refractivity contribution >= 4 is 28.3 Å². The monoisotopic (exact) mass is 240 g/mol. The molecule has 16 heavy (non-hydrogen) atoms. The van der Waals surface area contributed by atoms with Gasteiger partial charge in [-0.1, -0.05) is 16.8 Å². The maximum atomic E-state index is 10.9. The van der Waals surface area contributed by atoms with Gasteiger partial charge in [0.15, 0.2) is 5.52 Å². The number of nitro benzene ring substituents is 1. The number of nitro groups is 1. The van der Waals surface area contributed by atoms with E-state index < -0.39 is 4.92 Å². The molecule has 0 N–H and O–H groups in total. The van der Waals surface area contributed by atoms with Gasteiger partial charge in [0, 0.05) is 6.04 Å². The number of fused-ring (bicyclic) bond motifs is 1. The van der Waals surface area contributed by atoms with Crippen LogP contribution in [0.2, 0.25) is 5.02 Å². The Morgan fingerprint density at radius 1 is 1.50 bits per heavy atom. The Morgan fingerprint density at radius 3 is 2.75 bits per heavy atom. The van der Waals surface area contributed by atoms with Crippen molar-refractivity contribution in [1.29, 1.82) is 0 Å². The largest absolute Gasteiger partial charge is 0.317 e. The second-order valence-corrected chi connectivity index (χ2v) is 4.06. The highest BCUT2D eigenvalue weighted by molar-refractivity contribution is 6.33. The zero-order chi connectivity index (χ0) is 11.9. The summed E-state index contributed by atoms with van der Waals surface area (Å²) in [5.41, 5.74) is 0.656. The van der Waals surface area contributed by atoms with Gasteiger partial charge in [-0.3, -0.25) is 10.1 Å². The smallest absolute Gasteiger partial charge is 0.258 e. The Labute approximate surface area is 96.0 Å². The summed E-state index contributed by atoms with van der Waals surface area (Å²) < 4.78 is 1.62. The molecule has 0 radical (unpaired) electrons. The summed E-state index contributed by atoms with van der Waals surface area (Å²) in [5, 5.41) is 18.6. The van der Waals surface area contributed by atoms with Crippen LogP contribution in [0.1, 0.15) is 19.9 Å². The third kappa shape index (κ3) is 1.51. The van der Waals surface area contributed by atoms with Gasteiger partial charge < -0.3 is 0 Å². The van der Waals surface area contributed by atoms with Gasteiger partial charge >= 0.3 is 5.69 Å². The zero-order valence-electron chi connectivity index (χ0n) is 8.72. The molecule has 0 aliphatic carbocycles. The molecule has 0 amide bonds. The molecule has 0 bridgehead atoms. The topological polar surface area (TPSA) is 73.8 Å². The molecule has 0 aliphatic heterocycles. The standard InChI is InChI=1S/C9H9ClN4O2/c1-5(2)13-7-4-3-6(10)9(14(15)16)8(7)11-12-13/h3-5H,1-2H3. The van der Waals surface area contributed by atoms with E-state index in [9.17, 15) is 10.1 Å². The fraction of sp³-hybridized carbons (Fsp3) is 0.333. The third-order valence-electron chi connectivity index (χ3n) is 2.24. The van der Waals surface area contributed by atoms with Gasteiger partial charge in [0.1, 0.15) is 5.02 Å². The van der Waals surface area contributed by atoms with E-state index in [0.29, 0.717) is 5.52 Å². The van der Waals surface area contributed by atoms with Crippen LogP contribution in [0.4, 0.5) is 5.69 Å². The molecule has 1 heterocycles. The number of halogens is 1. The Kier molecular flexibility index (Phi) is 2.51. The molecule has 84 valence electrons. The minimum absolute atomic E-state index is 0.0771. The van der Waals surface area contributed by atoms with E-state index in [1.165, 1.54) is 6.07 Å². The lowest BCUT2D eigenvalue weighted by Crippen LogP contribution is -2.02. The quantitative estimate of drug-likeness (QED) is 0.597. The van der Waals surface area contributed by atoms with E-state index in [1.807, 2.05) is 13.8 Å². The molecule has 0 aliphatic rings. The summed E-state index contributed by atoms with van der Waals surface area (Å²) in [4.78, 5) is 10.3. The molecule has 2 rings (SSSR count). The van der Waals surface area contributed by atoms with Gasteiger partial charge in [0.2, 0.25) is 0 Å². The molecule has 2 aromatic rings. The van der Waals surface area contributed by atoms with Crippen LogP contribution in [0.15, 0.2) is 12.1 Å². The summed E-state index contributed by atoms with van der Waals surface area (Å²) >= 11 is 5.77. The second-order valence-electron chi connectivity index (χ2n) is 3.65. The van der Waals surface area contributed by atoms with Crippen molar-refractivity contribution in [1.82, 2.24) is 15.0 Å². The average molecular weight is 241 g/mol. The molecule has 1 aromatic carbocycles. The molecule has 0 saturated heterocycles. The van der Waals surface area contributed by atoms with Gasteiger partial charge in [0.05, 0.1) is 10.4 Å². The minimum Gasteiger partial charge on any atom is -0.258 e. The molecule has 0 fully saturated rings. The lowest BCUT2D eigenvalue weighted by molar-refractivity contribution is -0.383. The van der Waals surface area contributed by atoms with Crippen molar-refractivity contribution in [3.8, 4) is 0 Å². The highest BCUT2D eigenvalue weighted by Gasteiger charge is 2.22. The summed E-state index contributed by atoms with van der Waals surface area (Å²) in [7, 11) is 0. The SMILES string of the molecule is CC(C)n1nnc2c([N+](=O)[O-])c(Cl)ccc21. The molecule has 6 nitrogen and oxygen atoms in total. The number of nitrogens with zero attached hydrogens (tertiary/aromatic N) is 4. The average Bonchev–Trinajstić information content (AvgIpc) is 2.59. The van der Waals surface area contributed by atoms with E-state index >= 15 is 0 Å². The third-order valence-corrected chi connectivity index (χ3v) is 2.55. The number of aromatic nitrogens is 3. The first kappa shape index (κ1) is 10.8. The van der Waals surface area contributed by atoms with Crippen LogP contribution in [0, 0.1) is 10.1 Å². The molecule has 7 heteroatoms. The van der Waals surface area contributed by atoms with E-state index in [4.69, 9.17) is 11.6 Å². The Balaban J connectivity index is 2.81. The minimum atomic E-state index is -0.538. The van der Waals surface area contributed by atoms with Crippen LogP contribution in [0.5, 0.6) is 0 Å². The summed E-state index contributed by atoms with van der Waals surface area (Å²) in [5.74, 6) is 0. The normalized spacial score (nSPS) is 11.2. The predicted octanol–water partition coefficient (Wildman–Crippen LogP) is 2.57. The van der Waals surface area contributed by atoms with Crippen LogP contribution in [0.3, 0.4) is 0 Å². The van der Waals surface area contributed by atoms with Crippen molar-refractivity contribution in [3.05, 3.63) is 27.3 Å². The Bertz CT molecular complexity index is 564. The van der Waals surface area contributed by atoms with Gasteiger partial charge in [-0.05, 0) is 26.0 Å². The van der Waals surface area contributed by atoms with Crippen molar-refractivity contribution in [3.63, 3.8) is 0 Å². The lowest BCUT2D eigenvalue weighted by atomic mass is 10.2. The van der Waals surface area contributed by atoms with Gasteiger partial charge in [-0.15, -0.1) is 5.10 Å². The van der Waals surface area contributed by atoms with Crippen molar-refractivity contribution in [2.24, 2.45) is 0 Å². The zero-order valence-corrected chi connectivity index (χ0v) is 9.47. The van der Waals surface area contributed by atoms with E-state index in [2.05, 4.69) is 10.3 Å². The first-order valence-corrected chi connectivity index (χ1v) is 5.08. The van der Waals surface area contributed by atoms with Crippen molar-refractivity contribution < 1.29 is 4.92 Å². The number of hydrogen-bond donors (Lipinski definition) is 0. The lowest BCUT2D eigenvalue weighted by Gasteiger charge is -2.04. The number of hydrogen-bond acceptors (Lipinski definition) is 4. The molecule has 0 unspecified atom stereocenters. The highest BCUT2D eigenvalue weighted by atomic mass is 35.5. The maximum absolute atomic E-state index is 10.9. The van der Waals surface area contributed by atoms with Crippen molar-refractivity contribution in [2.45, 2.75) is 19.9 Å². The Hall–Kier alpha value is -1.69. The van der Waals surface area contributed by atoms with Crippen LogP contribution >= 0.6 is 11.6 Å². The summed E-state index contributed by atoms with van der Waals surface area (Å²) in [6.45, 7) is 3.85. The van der Waals surface area contributed by atoms with Gasteiger partial charge in [0.25, 0.3) is 0 Å². The first-order chi connectivity index (χ1) is 7.52. The summed E-state index contributed by atoms with van der Waals surface area (Å²) in [6, 6.07) is 3.26. The first-order valence-electron chi connectivity index (χ1n) is 4.70. The number of benzene rings is 1. The van der Waals surface area contributed by atoms with Gasteiger partial charge in [-0.25, -0.2) is 4.68 Å². The maximum Gasteiger partial charge on any atom is 0.317 e. The van der Waals surface area contributed by atoms with E-state index in [-0.39, 0.29) is 22.3 Å². The molecule has 0 atom stereocenters. The molecule has 1 aromatic heterocycles. The molecular formula is C9H9ClN4O2. The molecular weight excluding hydrogens is 232 g/mol. The van der Waals surface area contributed by atoms with Gasteiger partial charge in [-0.2, -0.15) is 0 Å². The fourth-order valence-corrected chi connectivity index (χ4v) is 1.75. The predicted molar refractivity (Wildman–Crippen MR) is 59.6 cm³/mol. The Morgan fingerprint density at radius 2 is 2.19 bits per heavy atom. The van der Waals surface area contributed by atoms with Crippen LogP contribution in [-0.2, 0) is 0 Å². The van der Waals surface area contributed by atoms with E-state index in [1.54, 1.807) is 10.7 Å². The fourth-order valence-electron chi connectivity index (χ4n) is 1.52. The van der Waals surface area contributed by atoms with Crippen molar-refractivity contribution in [2.75, 3.05) is 0 Å². The van der Waals surface area contributed by atoms with E-state index in [0.717, 1.165) is 0 Å². The second kappa shape index (κ2) is 3.71. The molecule has 0 saturated carbocycles. The highest BCUT2D eigenvalue weighted by Crippen LogP contribution is 2.32. The van der Waals surface area contributed by atoms with Crippen LogP contribution < -0.4 is 0 Å². The van der Waals surface area contributed by atoms with Crippen LogP contribution in [0.25, 0.3) is 11.0 Å². The molecule has 0 spiro atoms. The number of rotatable bonds is 2.